The fraction of sp³-hybridized carbons (Fsp3) is 0.609. The summed E-state index contributed by atoms with van der Waals surface area (Å²) in [6, 6.07) is 4.07. The summed E-state index contributed by atoms with van der Waals surface area (Å²) in [6.45, 7) is -1.07. The second-order valence-electron chi connectivity index (χ2n) is 9.18. The van der Waals surface area contributed by atoms with Crippen LogP contribution in [0.1, 0.15) is 10.4 Å². The van der Waals surface area contributed by atoms with Crippen LogP contribution in [0.5, 0.6) is 11.5 Å². The number of hydrogen-bond acceptors (Lipinski definition) is 13. The SMILES string of the molecule is COc1ccc(C(=O)O[C@H]2[C@@H]3C=CO[C@@H](OC4OC(CO)C(O)C(O)C4O)[C@@H]3[C@@]3(CO)O[C@@H]23)cc1O. The van der Waals surface area contributed by atoms with Crippen molar-refractivity contribution in [1.29, 1.82) is 0 Å². The van der Waals surface area contributed by atoms with E-state index < -0.39 is 85.8 Å². The van der Waals surface area contributed by atoms with Crippen LogP contribution in [-0.4, -0.2) is 112 Å². The molecule has 13 heteroatoms. The van der Waals surface area contributed by atoms with Crippen molar-refractivity contribution < 1.29 is 63.9 Å². The average Bonchev–Trinajstić information content (AvgIpc) is 3.56. The highest BCUT2D eigenvalue weighted by molar-refractivity contribution is 5.90. The van der Waals surface area contributed by atoms with Crippen molar-refractivity contribution in [2.45, 2.75) is 54.8 Å². The van der Waals surface area contributed by atoms with Crippen molar-refractivity contribution in [3.8, 4) is 11.5 Å². The Morgan fingerprint density at radius 1 is 1.11 bits per heavy atom. The van der Waals surface area contributed by atoms with Crippen molar-refractivity contribution >= 4 is 5.97 Å². The first-order chi connectivity index (χ1) is 17.2. The van der Waals surface area contributed by atoms with E-state index in [0.29, 0.717) is 0 Å². The zero-order valence-electron chi connectivity index (χ0n) is 19.1. The second kappa shape index (κ2) is 9.43. The normalized spacial score (nSPS) is 42.7. The second-order valence-corrected chi connectivity index (χ2v) is 9.18. The highest BCUT2D eigenvalue weighted by atomic mass is 16.8. The lowest BCUT2D eigenvalue weighted by molar-refractivity contribution is -0.344. The Morgan fingerprint density at radius 3 is 2.56 bits per heavy atom. The Kier molecular flexibility index (Phi) is 6.59. The minimum Gasteiger partial charge on any atom is -0.504 e. The van der Waals surface area contributed by atoms with Crippen molar-refractivity contribution in [2.75, 3.05) is 20.3 Å². The number of carbonyl (C=O) groups excluding carboxylic acids is 1. The Morgan fingerprint density at radius 2 is 1.89 bits per heavy atom. The smallest absolute Gasteiger partial charge is 0.338 e. The van der Waals surface area contributed by atoms with Crippen LogP contribution in [0.25, 0.3) is 0 Å². The van der Waals surface area contributed by atoms with Gasteiger partial charge in [0.05, 0.1) is 38.1 Å². The van der Waals surface area contributed by atoms with Gasteiger partial charge in [-0.3, -0.25) is 0 Å². The molecule has 2 saturated heterocycles. The van der Waals surface area contributed by atoms with Gasteiger partial charge in [-0.25, -0.2) is 4.79 Å². The molecule has 5 rings (SSSR count). The van der Waals surface area contributed by atoms with Crippen LogP contribution in [0.3, 0.4) is 0 Å². The molecule has 0 spiro atoms. The fourth-order valence-corrected chi connectivity index (χ4v) is 5.30. The van der Waals surface area contributed by atoms with Crippen LogP contribution in [0, 0.1) is 11.8 Å². The monoisotopic (exact) mass is 512 g/mol. The summed E-state index contributed by atoms with van der Waals surface area (Å²) in [6.07, 6.45) is -7.22. The number of methoxy groups -OCH3 is 1. The van der Waals surface area contributed by atoms with Gasteiger partial charge in [-0.15, -0.1) is 0 Å². The molecular weight excluding hydrogens is 484 g/mol. The number of fused-ring (bicyclic) bond motifs is 3. The van der Waals surface area contributed by atoms with E-state index in [1.165, 1.54) is 31.6 Å². The number of benzene rings is 1. The Balaban J connectivity index is 1.34. The Hall–Kier alpha value is -2.49. The Labute approximate surface area is 205 Å². The third-order valence-electron chi connectivity index (χ3n) is 7.26. The zero-order valence-corrected chi connectivity index (χ0v) is 19.1. The lowest BCUT2D eigenvalue weighted by Crippen LogP contribution is -2.60. The van der Waals surface area contributed by atoms with E-state index in [1.54, 1.807) is 6.08 Å². The minimum atomic E-state index is -1.66. The van der Waals surface area contributed by atoms with Gasteiger partial charge in [-0.1, -0.05) is 0 Å². The average molecular weight is 512 g/mol. The molecule has 0 bridgehead atoms. The molecule has 6 N–H and O–H groups in total. The molecule has 1 aromatic rings. The lowest BCUT2D eigenvalue weighted by Gasteiger charge is -2.43. The number of esters is 1. The van der Waals surface area contributed by atoms with Crippen molar-refractivity contribution in [1.82, 2.24) is 0 Å². The zero-order chi connectivity index (χ0) is 25.8. The standard InChI is InChI=1S/C23H28O13/c1-31-12-3-2-9(6-11(12)26)20(30)34-18-10-4-5-32-21(14(10)23(8-25)19(18)36-23)35-22-17(29)16(28)15(27)13(7-24)33-22/h2-6,10,13-19,21-22,24-29H,7-8H2,1H3/t10-,13?,14-,15?,16?,17?,18+,19+,21+,22?,23-/m1/s1. The van der Waals surface area contributed by atoms with Crippen molar-refractivity contribution in [3.05, 3.63) is 36.1 Å². The van der Waals surface area contributed by atoms with Gasteiger partial charge in [-0.2, -0.15) is 0 Å². The summed E-state index contributed by atoms with van der Waals surface area (Å²) in [5.41, 5.74) is -1.08. The number of phenolic OH excluding ortho intramolecular Hbond substituents is 1. The number of carbonyl (C=O) groups is 1. The van der Waals surface area contributed by atoms with Crippen LogP contribution in [0.15, 0.2) is 30.5 Å². The molecule has 3 fully saturated rings. The molecule has 198 valence electrons. The predicted octanol–water partition coefficient (Wildman–Crippen LogP) is -2.01. The molecule has 0 aromatic heterocycles. The van der Waals surface area contributed by atoms with E-state index in [-0.39, 0.29) is 17.1 Å². The van der Waals surface area contributed by atoms with Crippen LogP contribution >= 0.6 is 0 Å². The summed E-state index contributed by atoms with van der Waals surface area (Å²) < 4.78 is 33.3. The van der Waals surface area contributed by atoms with Gasteiger partial charge in [-0.05, 0) is 24.3 Å². The summed E-state index contributed by atoms with van der Waals surface area (Å²) >= 11 is 0. The molecule has 1 aromatic carbocycles. The third-order valence-corrected chi connectivity index (χ3v) is 7.26. The van der Waals surface area contributed by atoms with Crippen LogP contribution in [-0.2, 0) is 23.7 Å². The third kappa shape index (κ3) is 3.92. The maximum Gasteiger partial charge on any atom is 0.338 e. The molecule has 0 amide bonds. The molecule has 3 heterocycles. The van der Waals surface area contributed by atoms with E-state index >= 15 is 0 Å². The number of aliphatic hydroxyl groups excluding tert-OH is 5. The summed E-state index contributed by atoms with van der Waals surface area (Å²) in [5, 5.41) is 60.0. The number of rotatable bonds is 7. The molecule has 1 aliphatic carbocycles. The van der Waals surface area contributed by atoms with Crippen LogP contribution in [0.4, 0.5) is 0 Å². The van der Waals surface area contributed by atoms with Crippen molar-refractivity contribution in [2.24, 2.45) is 11.8 Å². The molecule has 1 saturated carbocycles. The molecule has 0 radical (unpaired) electrons. The molecule has 3 aliphatic heterocycles. The van der Waals surface area contributed by atoms with Gasteiger partial charge in [0, 0.05) is 5.92 Å². The van der Waals surface area contributed by atoms with Gasteiger partial charge >= 0.3 is 5.97 Å². The van der Waals surface area contributed by atoms with Gasteiger partial charge < -0.3 is 59.1 Å². The van der Waals surface area contributed by atoms with Crippen molar-refractivity contribution in [3.63, 3.8) is 0 Å². The van der Waals surface area contributed by atoms with E-state index in [2.05, 4.69) is 0 Å². The number of aliphatic hydroxyl groups is 5. The Bertz CT molecular complexity index is 1010. The molecule has 4 aliphatic rings. The minimum absolute atomic E-state index is 0.0807. The number of aromatic hydroxyl groups is 1. The largest absolute Gasteiger partial charge is 0.504 e. The molecule has 13 nitrogen and oxygen atoms in total. The maximum atomic E-state index is 12.9. The predicted molar refractivity (Wildman–Crippen MR) is 114 cm³/mol. The molecule has 11 atom stereocenters. The summed E-state index contributed by atoms with van der Waals surface area (Å²) in [4.78, 5) is 12.9. The highest BCUT2D eigenvalue weighted by Crippen LogP contribution is 2.60. The molecule has 5 unspecified atom stereocenters. The first kappa shape index (κ1) is 25.2. The van der Waals surface area contributed by atoms with E-state index in [1.807, 2.05) is 0 Å². The van der Waals surface area contributed by atoms with E-state index in [9.17, 15) is 35.4 Å². The summed E-state index contributed by atoms with van der Waals surface area (Å²) in [5.74, 6) is -1.99. The van der Waals surface area contributed by atoms with Gasteiger partial charge in [0.2, 0.25) is 6.29 Å². The highest BCUT2D eigenvalue weighted by Gasteiger charge is 2.77. The first-order valence-corrected chi connectivity index (χ1v) is 11.4. The lowest BCUT2D eigenvalue weighted by atomic mass is 9.85. The molecular formula is C23H28O13. The van der Waals surface area contributed by atoms with Crippen LogP contribution < -0.4 is 4.74 Å². The summed E-state index contributed by atoms with van der Waals surface area (Å²) in [7, 11) is 1.38. The van der Waals surface area contributed by atoms with Gasteiger partial charge in [0.15, 0.2) is 17.8 Å². The van der Waals surface area contributed by atoms with E-state index in [0.717, 1.165) is 0 Å². The quantitative estimate of drug-likeness (QED) is 0.173. The van der Waals surface area contributed by atoms with Gasteiger partial charge in [0.25, 0.3) is 0 Å². The first-order valence-electron chi connectivity index (χ1n) is 11.4. The fourth-order valence-electron chi connectivity index (χ4n) is 5.30. The molecule has 36 heavy (non-hydrogen) atoms. The number of hydrogen-bond donors (Lipinski definition) is 6. The number of epoxide rings is 1. The maximum absolute atomic E-state index is 12.9. The van der Waals surface area contributed by atoms with Crippen LogP contribution in [0.2, 0.25) is 0 Å². The topological polar surface area (TPSA) is 197 Å². The van der Waals surface area contributed by atoms with E-state index in [4.69, 9.17) is 28.4 Å². The van der Waals surface area contributed by atoms with Gasteiger partial charge in [0.1, 0.15) is 42.2 Å². The number of ether oxygens (including phenoxy) is 6. The number of phenols is 1.